The molecule has 19 heavy (non-hydrogen) atoms. The lowest BCUT2D eigenvalue weighted by atomic mass is 10.1. The predicted molar refractivity (Wildman–Crippen MR) is 76.0 cm³/mol. The second-order valence-corrected chi connectivity index (χ2v) is 5.62. The van der Waals surface area contributed by atoms with Crippen molar-refractivity contribution in [1.82, 2.24) is 9.80 Å². The van der Waals surface area contributed by atoms with E-state index in [2.05, 4.69) is 41.0 Å². The molecule has 0 bridgehead atoms. The first-order valence-corrected chi connectivity index (χ1v) is 7.35. The standard InChI is InChI=1S/C16H22N2O/c1-2-17-8-10-18(11-9-17)16(19)15-12-14(15)13-6-4-3-5-7-13/h3-7,14-15H,2,8-12H2,1H3/t14-,15-/m1/s1. The molecular formula is C16H22N2O. The third-order valence-corrected chi connectivity index (χ3v) is 4.47. The van der Waals surface area contributed by atoms with Crippen LogP contribution < -0.4 is 0 Å². The van der Waals surface area contributed by atoms with Gasteiger partial charge in [-0.2, -0.15) is 0 Å². The van der Waals surface area contributed by atoms with Crippen LogP contribution in [0.3, 0.4) is 0 Å². The van der Waals surface area contributed by atoms with E-state index in [1.807, 2.05) is 6.07 Å². The minimum absolute atomic E-state index is 0.246. The van der Waals surface area contributed by atoms with Crippen LogP contribution in [-0.4, -0.2) is 48.4 Å². The van der Waals surface area contributed by atoms with Crippen molar-refractivity contribution < 1.29 is 4.79 Å². The molecule has 0 spiro atoms. The van der Waals surface area contributed by atoms with Crippen molar-refractivity contribution in [3.8, 4) is 0 Å². The number of hydrogen-bond donors (Lipinski definition) is 0. The van der Waals surface area contributed by atoms with Crippen LogP contribution in [0.4, 0.5) is 0 Å². The number of amides is 1. The summed E-state index contributed by atoms with van der Waals surface area (Å²) in [6.07, 6.45) is 1.04. The van der Waals surface area contributed by atoms with Crippen molar-refractivity contribution in [3.05, 3.63) is 35.9 Å². The van der Waals surface area contributed by atoms with E-state index in [9.17, 15) is 4.79 Å². The zero-order valence-corrected chi connectivity index (χ0v) is 11.6. The second-order valence-electron chi connectivity index (χ2n) is 5.62. The number of piperazine rings is 1. The number of rotatable bonds is 3. The average molecular weight is 258 g/mol. The molecule has 3 rings (SSSR count). The minimum atomic E-state index is 0.246. The normalized spacial score (nSPS) is 27.3. The third kappa shape index (κ3) is 2.66. The molecule has 1 saturated heterocycles. The fraction of sp³-hybridized carbons (Fsp3) is 0.562. The third-order valence-electron chi connectivity index (χ3n) is 4.47. The van der Waals surface area contributed by atoms with E-state index in [1.54, 1.807) is 0 Å². The van der Waals surface area contributed by atoms with Gasteiger partial charge >= 0.3 is 0 Å². The summed E-state index contributed by atoms with van der Waals surface area (Å²) >= 11 is 0. The maximum absolute atomic E-state index is 12.4. The van der Waals surface area contributed by atoms with Crippen LogP contribution in [0.5, 0.6) is 0 Å². The molecule has 1 amide bonds. The average Bonchev–Trinajstić information content (AvgIpc) is 3.28. The Labute approximate surface area is 115 Å². The molecule has 0 N–H and O–H groups in total. The Bertz CT molecular complexity index is 437. The van der Waals surface area contributed by atoms with E-state index in [1.165, 1.54) is 5.56 Å². The van der Waals surface area contributed by atoms with Gasteiger partial charge in [-0.15, -0.1) is 0 Å². The van der Waals surface area contributed by atoms with Crippen molar-refractivity contribution in [2.24, 2.45) is 5.92 Å². The SMILES string of the molecule is CCN1CCN(C(=O)[C@@H]2C[C@@H]2c2ccccc2)CC1. The van der Waals surface area contributed by atoms with Gasteiger partial charge in [0.25, 0.3) is 0 Å². The first-order valence-electron chi connectivity index (χ1n) is 7.35. The summed E-state index contributed by atoms with van der Waals surface area (Å²) in [6, 6.07) is 10.5. The van der Waals surface area contributed by atoms with Gasteiger partial charge < -0.3 is 9.80 Å². The lowest BCUT2D eigenvalue weighted by Crippen LogP contribution is -2.49. The summed E-state index contributed by atoms with van der Waals surface area (Å²) in [5.74, 6) is 1.10. The molecule has 102 valence electrons. The molecule has 1 aromatic rings. The topological polar surface area (TPSA) is 23.6 Å². The summed E-state index contributed by atoms with van der Waals surface area (Å²) in [5.41, 5.74) is 1.33. The maximum Gasteiger partial charge on any atom is 0.226 e. The molecule has 0 radical (unpaired) electrons. The van der Waals surface area contributed by atoms with Crippen LogP contribution in [0.1, 0.15) is 24.8 Å². The first kappa shape index (κ1) is 12.7. The van der Waals surface area contributed by atoms with Gasteiger partial charge in [0.15, 0.2) is 0 Å². The van der Waals surface area contributed by atoms with E-state index in [0.29, 0.717) is 11.8 Å². The molecule has 1 saturated carbocycles. The van der Waals surface area contributed by atoms with Gasteiger partial charge in [-0.25, -0.2) is 0 Å². The van der Waals surface area contributed by atoms with E-state index < -0.39 is 0 Å². The van der Waals surface area contributed by atoms with Crippen LogP contribution in [-0.2, 0) is 4.79 Å². The Hall–Kier alpha value is -1.35. The molecule has 1 heterocycles. The number of carbonyl (C=O) groups excluding carboxylic acids is 1. The molecule has 1 aliphatic carbocycles. The van der Waals surface area contributed by atoms with Gasteiger partial charge in [0.1, 0.15) is 0 Å². The van der Waals surface area contributed by atoms with Gasteiger partial charge in [-0.3, -0.25) is 4.79 Å². The number of likely N-dealkylation sites (N-methyl/N-ethyl adjacent to an activating group) is 1. The van der Waals surface area contributed by atoms with Crippen molar-refractivity contribution in [1.29, 1.82) is 0 Å². The zero-order valence-electron chi connectivity index (χ0n) is 11.6. The van der Waals surface area contributed by atoms with E-state index in [4.69, 9.17) is 0 Å². The quantitative estimate of drug-likeness (QED) is 0.827. The number of hydrogen-bond acceptors (Lipinski definition) is 2. The minimum Gasteiger partial charge on any atom is -0.340 e. The molecule has 3 nitrogen and oxygen atoms in total. The summed E-state index contributed by atoms with van der Waals surface area (Å²) < 4.78 is 0. The lowest BCUT2D eigenvalue weighted by Gasteiger charge is -2.34. The lowest BCUT2D eigenvalue weighted by molar-refractivity contribution is -0.134. The molecular weight excluding hydrogens is 236 g/mol. The highest BCUT2D eigenvalue weighted by molar-refractivity contribution is 5.83. The first-order chi connectivity index (χ1) is 9.29. The highest BCUT2D eigenvalue weighted by Crippen LogP contribution is 2.48. The van der Waals surface area contributed by atoms with E-state index >= 15 is 0 Å². The fourth-order valence-electron chi connectivity index (χ4n) is 3.06. The number of carbonyl (C=O) groups is 1. The fourth-order valence-corrected chi connectivity index (χ4v) is 3.06. The van der Waals surface area contributed by atoms with Crippen LogP contribution in [0, 0.1) is 5.92 Å². The molecule has 2 fully saturated rings. The Kier molecular flexibility index (Phi) is 3.56. The summed E-state index contributed by atoms with van der Waals surface area (Å²) in [5, 5.41) is 0. The van der Waals surface area contributed by atoms with Gasteiger partial charge in [0, 0.05) is 32.1 Å². The van der Waals surface area contributed by atoms with Gasteiger partial charge in [0.2, 0.25) is 5.91 Å². The van der Waals surface area contributed by atoms with Crippen LogP contribution in [0.2, 0.25) is 0 Å². The molecule has 3 heteroatoms. The van der Waals surface area contributed by atoms with Crippen LogP contribution in [0.15, 0.2) is 30.3 Å². The van der Waals surface area contributed by atoms with Crippen molar-refractivity contribution in [3.63, 3.8) is 0 Å². The molecule has 1 aliphatic heterocycles. The summed E-state index contributed by atoms with van der Waals surface area (Å²) in [7, 11) is 0. The van der Waals surface area contributed by atoms with Crippen LogP contribution in [0.25, 0.3) is 0 Å². The Morgan fingerprint density at radius 3 is 2.47 bits per heavy atom. The smallest absolute Gasteiger partial charge is 0.226 e. The summed E-state index contributed by atoms with van der Waals surface area (Å²) in [4.78, 5) is 16.9. The number of benzene rings is 1. The maximum atomic E-state index is 12.4. The van der Waals surface area contributed by atoms with Gasteiger partial charge in [-0.05, 0) is 24.4 Å². The second kappa shape index (κ2) is 5.33. The molecule has 1 aromatic carbocycles. The van der Waals surface area contributed by atoms with Gasteiger partial charge in [0.05, 0.1) is 0 Å². The highest BCUT2D eigenvalue weighted by Gasteiger charge is 2.45. The van der Waals surface area contributed by atoms with Crippen molar-refractivity contribution >= 4 is 5.91 Å². The Morgan fingerprint density at radius 2 is 1.84 bits per heavy atom. The monoisotopic (exact) mass is 258 g/mol. The predicted octanol–water partition coefficient (Wildman–Crippen LogP) is 1.95. The molecule has 0 unspecified atom stereocenters. The summed E-state index contributed by atoms with van der Waals surface area (Å²) in [6.45, 7) is 7.16. The zero-order chi connectivity index (χ0) is 13.2. The molecule has 0 aromatic heterocycles. The van der Waals surface area contributed by atoms with Crippen molar-refractivity contribution in [2.75, 3.05) is 32.7 Å². The van der Waals surface area contributed by atoms with E-state index in [-0.39, 0.29) is 5.92 Å². The number of nitrogens with zero attached hydrogens (tertiary/aromatic N) is 2. The molecule has 2 aliphatic rings. The highest BCUT2D eigenvalue weighted by atomic mass is 16.2. The van der Waals surface area contributed by atoms with Crippen LogP contribution >= 0.6 is 0 Å². The largest absolute Gasteiger partial charge is 0.340 e. The van der Waals surface area contributed by atoms with Crippen molar-refractivity contribution in [2.45, 2.75) is 19.3 Å². The van der Waals surface area contributed by atoms with E-state index in [0.717, 1.165) is 39.1 Å². The van der Waals surface area contributed by atoms with Gasteiger partial charge in [-0.1, -0.05) is 37.3 Å². The molecule has 2 atom stereocenters. The Balaban J connectivity index is 1.56. The Morgan fingerprint density at radius 1 is 1.16 bits per heavy atom.